The SMILES string of the molecule is N#CCc1ccc(=O)[nH]c1C(F)(F)F. The summed E-state index contributed by atoms with van der Waals surface area (Å²) < 4.78 is 36.8. The van der Waals surface area contributed by atoms with Gasteiger partial charge in [0.1, 0.15) is 5.69 Å². The van der Waals surface area contributed by atoms with Crippen LogP contribution in [0.15, 0.2) is 16.9 Å². The van der Waals surface area contributed by atoms with E-state index in [4.69, 9.17) is 5.26 Å². The summed E-state index contributed by atoms with van der Waals surface area (Å²) in [6.45, 7) is 0. The molecule has 14 heavy (non-hydrogen) atoms. The maximum absolute atomic E-state index is 12.3. The second-order valence-corrected chi connectivity index (χ2v) is 2.56. The molecule has 0 aliphatic rings. The Morgan fingerprint density at radius 3 is 2.57 bits per heavy atom. The van der Waals surface area contributed by atoms with Gasteiger partial charge in [0, 0.05) is 6.07 Å². The van der Waals surface area contributed by atoms with Crippen LogP contribution in [0.1, 0.15) is 11.3 Å². The molecule has 0 aliphatic heterocycles. The summed E-state index contributed by atoms with van der Waals surface area (Å²) in [6.07, 6.45) is -5.02. The fourth-order valence-electron chi connectivity index (χ4n) is 0.990. The molecule has 1 aromatic heterocycles. The van der Waals surface area contributed by atoms with E-state index in [0.29, 0.717) is 0 Å². The van der Waals surface area contributed by atoms with Crippen molar-refractivity contribution in [3.8, 4) is 6.07 Å². The molecule has 1 aromatic rings. The molecule has 0 saturated heterocycles. The number of nitrogens with one attached hydrogen (secondary N) is 1. The predicted octanol–water partition coefficient (Wildman–Crippen LogP) is 1.46. The Bertz CT molecular complexity index is 427. The lowest BCUT2D eigenvalue weighted by molar-refractivity contribution is -0.141. The Morgan fingerprint density at radius 1 is 1.43 bits per heavy atom. The number of aromatic amines is 1. The Balaban J connectivity index is 3.32. The zero-order valence-corrected chi connectivity index (χ0v) is 6.85. The molecule has 0 spiro atoms. The van der Waals surface area contributed by atoms with Crippen molar-refractivity contribution in [3.63, 3.8) is 0 Å². The Morgan fingerprint density at radius 2 is 2.07 bits per heavy atom. The fraction of sp³-hybridized carbons (Fsp3) is 0.250. The average Bonchev–Trinajstić information content (AvgIpc) is 2.07. The summed E-state index contributed by atoms with van der Waals surface area (Å²) in [6, 6.07) is 3.56. The number of halogens is 3. The molecule has 0 radical (unpaired) electrons. The molecular weight excluding hydrogens is 197 g/mol. The van der Waals surface area contributed by atoms with Crippen LogP contribution in [-0.2, 0) is 12.6 Å². The smallest absolute Gasteiger partial charge is 0.318 e. The number of H-pyrrole nitrogens is 1. The third-order valence-corrected chi connectivity index (χ3v) is 1.56. The number of alkyl halides is 3. The van der Waals surface area contributed by atoms with E-state index in [1.807, 2.05) is 0 Å². The van der Waals surface area contributed by atoms with Gasteiger partial charge in [0.05, 0.1) is 12.5 Å². The van der Waals surface area contributed by atoms with E-state index in [-0.39, 0.29) is 12.0 Å². The van der Waals surface area contributed by atoms with Gasteiger partial charge in [0.2, 0.25) is 5.56 Å². The molecule has 0 amide bonds. The van der Waals surface area contributed by atoms with E-state index in [1.54, 1.807) is 11.1 Å². The van der Waals surface area contributed by atoms with Crippen LogP contribution in [0.5, 0.6) is 0 Å². The van der Waals surface area contributed by atoms with Crippen molar-refractivity contribution in [2.45, 2.75) is 12.6 Å². The van der Waals surface area contributed by atoms with E-state index in [2.05, 4.69) is 0 Å². The second kappa shape index (κ2) is 3.54. The van der Waals surface area contributed by atoms with Gasteiger partial charge >= 0.3 is 6.18 Å². The van der Waals surface area contributed by atoms with Gasteiger partial charge in [0.15, 0.2) is 0 Å². The molecule has 1 rings (SSSR count). The zero-order valence-electron chi connectivity index (χ0n) is 6.85. The maximum Gasteiger partial charge on any atom is 0.431 e. The van der Waals surface area contributed by atoms with Gasteiger partial charge in [-0.1, -0.05) is 6.07 Å². The molecular formula is C8H5F3N2O. The molecule has 3 nitrogen and oxygen atoms in total. The Kier molecular flexibility index (Phi) is 2.60. The van der Waals surface area contributed by atoms with Crippen molar-refractivity contribution in [1.29, 1.82) is 5.26 Å². The molecule has 1 N–H and O–H groups in total. The van der Waals surface area contributed by atoms with Crippen LogP contribution in [0.25, 0.3) is 0 Å². The van der Waals surface area contributed by atoms with Crippen molar-refractivity contribution in [2.75, 3.05) is 0 Å². The first-order valence-electron chi connectivity index (χ1n) is 3.61. The van der Waals surface area contributed by atoms with Gasteiger partial charge in [-0.05, 0) is 5.56 Å². The van der Waals surface area contributed by atoms with Gasteiger partial charge in [-0.2, -0.15) is 18.4 Å². The summed E-state index contributed by atoms with van der Waals surface area (Å²) in [7, 11) is 0. The Labute approximate surface area is 76.8 Å². The lowest BCUT2D eigenvalue weighted by atomic mass is 10.1. The molecule has 0 aromatic carbocycles. The van der Waals surface area contributed by atoms with Gasteiger partial charge in [-0.3, -0.25) is 4.79 Å². The van der Waals surface area contributed by atoms with Crippen LogP contribution in [0, 0.1) is 11.3 Å². The molecule has 74 valence electrons. The number of nitriles is 1. The van der Waals surface area contributed by atoms with E-state index in [1.165, 1.54) is 0 Å². The molecule has 0 aliphatic carbocycles. The van der Waals surface area contributed by atoms with E-state index in [9.17, 15) is 18.0 Å². The molecule has 6 heteroatoms. The van der Waals surface area contributed by atoms with Crippen LogP contribution >= 0.6 is 0 Å². The minimum Gasteiger partial charge on any atom is -0.318 e. The van der Waals surface area contributed by atoms with Crippen LogP contribution in [0.3, 0.4) is 0 Å². The second-order valence-electron chi connectivity index (χ2n) is 2.56. The number of pyridine rings is 1. The third-order valence-electron chi connectivity index (χ3n) is 1.56. The highest BCUT2D eigenvalue weighted by Crippen LogP contribution is 2.29. The maximum atomic E-state index is 12.3. The van der Waals surface area contributed by atoms with Crippen molar-refractivity contribution in [2.24, 2.45) is 0 Å². The quantitative estimate of drug-likeness (QED) is 0.749. The van der Waals surface area contributed by atoms with E-state index < -0.39 is 17.4 Å². The predicted molar refractivity (Wildman–Crippen MR) is 41.4 cm³/mol. The highest BCUT2D eigenvalue weighted by atomic mass is 19.4. The van der Waals surface area contributed by atoms with Crippen LogP contribution in [0.4, 0.5) is 13.2 Å². The average molecular weight is 202 g/mol. The van der Waals surface area contributed by atoms with E-state index in [0.717, 1.165) is 12.1 Å². The molecule has 0 atom stereocenters. The first-order valence-corrected chi connectivity index (χ1v) is 3.61. The van der Waals surface area contributed by atoms with Crippen LogP contribution in [0.2, 0.25) is 0 Å². The normalized spacial score (nSPS) is 11.0. The van der Waals surface area contributed by atoms with Gasteiger partial charge in [0.25, 0.3) is 0 Å². The summed E-state index contributed by atoms with van der Waals surface area (Å²) in [5, 5.41) is 8.27. The number of aromatic nitrogens is 1. The largest absolute Gasteiger partial charge is 0.431 e. The summed E-state index contributed by atoms with van der Waals surface area (Å²) >= 11 is 0. The van der Waals surface area contributed by atoms with Crippen LogP contribution < -0.4 is 5.56 Å². The summed E-state index contributed by atoms with van der Waals surface area (Å²) in [4.78, 5) is 12.3. The van der Waals surface area contributed by atoms with Gasteiger partial charge in [-0.15, -0.1) is 0 Å². The molecule has 0 saturated carbocycles. The first kappa shape index (κ1) is 10.3. The summed E-state index contributed by atoms with van der Waals surface area (Å²) in [5.74, 6) is 0. The van der Waals surface area contributed by atoms with Crippen molar-refractivity contribution in [1.82, 2.24) is 4.98 Å². The van der Waals surface area contributed by atoms with Crippen molar-refractivity contribution in [3.05, 3.63) is 33.7 Å². The van der Waals surface area contributed by atoms with E-state index >= 15 is 0 Å². The lowest BCUT2D eigenvalue weighted by Crippen LogP contribution is -2.18. The van der Waals surface area contributed by atoms with Crippen molar-refractivity contribution >= 4 is 0 Å². The summed E-state index contributed by atoms with van der Waals surface area (Å²) in [5.41, 5.74) is -2.20. The number of hydrogen-bond donors (Lipinski definition) is 1. The minimum atomic E-state index is -4.63. The number of rotatable bonds is 1. The topological polar surface area (TPSA) is 56.6 Å². The Hall–Kier alpha value is -1.77. The lowest BCUT2D eigenvalue weighted by Gasteiger charge is -2.09. The standard InChI is InChI=1S/C8H5F3N2O/c9-8(10,11)7-5(3-4-12)1-2-6(14)13-7/h1-2H,3H2,(H,13,14). The minimum absolute atomic E-state index is 0.223. The fourth-order valence-corrected chi connectivity index (χ4v) is 0.990. The first-order chi connectivity index (χ1) is 6.45. The van der Waals surface area contributed by atoms with Crippen LogP contribution in [-0.4, -0.2) is 4.98 Å². The number of hydrogen-bond acceptors (Lipinski definition) is 2. The molecule has 0 fully saturated rings. The van der Waals surface area contributed by atoms with Gasteiger partial charge < -0.3 is 4.98 Å². The highest BCUT2D eigenvalue weighted by molar-refractivity contribution is 5.25. The molecule has 1 heterocycles. The van der Waals surface area contributed by atoms with Crippen molar-refractivity contribution < 1.29 is 13.2 Å². The van der Waals surface area contributed by atoms with Gasteiger partial charge in [-0.25, -0.2) is 0 Å². The monoisotopic (exact) mass is 202 g/mol. The molecule has 0 bridgehead atoms. The highest BCUT2D eigenvalue weighted by Gasteiger charge is 2.34. The molecule has 0 unspecified atom stereocenters. The zero-order chi connectivity index (χ0) is 10.8. The number of nitrogens with zero attached hydrogens (tertiary/aromatic N) is 1. The third kappa shape index (κ3) is 2.13.